The maximum Gasteiger partial charge on any atom is 0.343 e. The second-order valence-corrected chi connectivity index (χ2v) is 24.4. The maximum absolute atomic E-state index is 12.2. The molecule has 290 valence electrons. The predicted molar refractivity (Wildman–Crippen MR) is 163 cm³/mol. The fourth-order valence-electron chi connectivity index (χ4n) is 4.40. The number of nitrogens with zero attached hydrogens (tertiary/aromatic N) is 2. The molecule has 0 fully saturated rings. The van der Waals surface area contributed by atoms with Gasteiger partial charge in [-0.05, 0) is 25.9 Å². The summed E-state index contributed by atoms with van der Waals surface area (Å²) in [6, 6.07) is 0. The SMILES string of the molecule is O=P(O)(O)CC(N(CCCCCCN(C(CP(=O)(O)O)P(=O)(O)O)C(CP(=O)(O)O)P(=O)(O)O)C(CP(=O)(O)O)P(=O)(O)O)P(=O)(O)O. The fraction of sp³-hybridized carbons (Fsp3) is 1.00. The van der Waals surface area contributed by atoms with Crippen molar-refractivity contribution >= 4 is 60.8 Å². The molecule has 4 unspecified atom stereocenters. The van der Waals surface area contributed by atoms with E-state index in [1.54, 1.807) is 0 Å². The van der Waals surface area contributed by atoms with Gasteiger partial charge in [0.15, 0.2) is 0 Å². The average Bonchev–Trinajstić information content (AvgIpc) is 2.76. The molecule has 34 heteroatoms. The molecule has 0 amide bonds. The van der Waals surface area contributed by atoms with Crippen molar-refractivity contribution in [3.8, 4) is 0 Å². The van der Waals surface area contributed by atoms with Gasteiger partial charge in [0.2, 0.25) is 0 Å². The molecule has 16 N–H and O–H groups in total. The first kappa shape index (κ1) is 49.1. The molecule has 0 aliphatic heterocycles. The fourth-order valence-corrected chi connectivity index (χ4v) is 15.8. The lowest BCUT2D eigenvalue weighted by atomic mass is 10.1. The third-order valence-corrected chi connectivity index (χ3v) is 15.7. The summed E-state index contributed by atoms with van der Waals surface area (Å²) in [6.45, 7) is -1.83. The number of hydrogen-bond acceptors (Lipinski definition) is 10. The Hall–Kier alpha value is 1.12. The highest BCUT2D eigenvalue weighted by atomic mass is 31.2. The minimum Gasteiger partial charge on any atom is -0.324 e. The smallest absolute Gasteiger partial charge is 0.324 e. The first-order valence-corrected chi connectivity index (χ1v) is 26.7. The third kappa shape index (κ3) is 20.4. The predicted octanol–water partition coefficient (Wildman–Crippen LogP) is -2.12. The van der Waals surface area contributed by atoms with Crippen LogP contribution < -0.4 is 0 Å². The summed E-state index contributed by atoms with van der Waals surface area (Å²) in [5.41, 5.74) is 0. The minimum absolute atomic E-state index is 0.125. The highest BCUT2D eigenvalue weighted by Crippen LogP contribution is 2.58. The lowest BCUT2D eigenvalue weighted by Crippen LogP contribution is -2.47. The van der Waals surface area contributed by atoms with Crippen molar-refractivity contribution in [2.75, 3.05) is 37.7 Å². The molecular formula is C14H40N2O24P8. The summed E-state index contributed by atoms with van der Waals surface area (Å²) in [5, 5.41) is 0. The molecule has 0 saturated heterocycles. The van der Waals surface area contributed by atoms with Gasteiger partial charge in [0.25, 0.3) is 0 Å². The van der Waals surface area contributed by atoms with E-state index in [0.717, 1.165) is 0 Å². The van der Waals surface area contributed by atoms with E-state index in [2.05, 4.69) is 0 Å². The van der Waals surface area contributed by atoms with Crippen molar-refractivity contribution in [3.05, 3.63) is 0 Å². The highest BCUT2D eigenvalue weighted by molar-refractivity contribution is 7.58. The van der Waals surface area contributed by atoms with Crippen LogP contribution in [0.3, 0.4) is 0 Å². The summed E-state index contributed by atoms with van der Waals surface area (Å²) in [4.78, 5) is 153. The zero-order chi connectivity index (χ0) is 38.5. The van der Waals surface area contributed by atoms with Crippen molar-refractivity contribution in [1.82, 2.24) is 9.80 Å². The lowest BCUT2D eigenvalue weighted by molar-refractivity contribution is 0.174. The van der Waals surface area contributed by atoms with Gasteiger partial charge in [-0.15, -0.1) is 0 Å². The topological polar surface area (TPSA) is 467 Å². The molecule has 0 aliphatic carbocycles. The van der Waals surface area contributed by atoms with Gasteiger partial charge in [0, 0.05) is 0 Å². The lowest BCUT2D eigenvalue weighted by Gasteiger charge is -2.38. The Labute approximate surface area is 271 Å². The maximum atomic E-state index is 12.2. The van der Waals surface area contributed by atoms with Crippen LogP contribution in [0.15, 0.2) is 0 Å². The molecule has 0 heterocycles. The molecule has 0 aliphatic rings. The van der Waals surface area contributed by atoms with Crippen molar-refractivity contribution in [2.24, 2.45) is 0 Å². The third-order valence-electron chi connectivity index (χ3n) is 6.27. The van der Waals surface area contributed by atoms with Crippen LogP contribution in [0.2, 0.25) is 0 Å². The Morgan fingerprint density at radius 3 is 0.604 bits per heavy atom. The van der Waals surface area contributed by atoms with Gasteiger partial charge in [0.05, 0.1) is 24.6 Å². The summed E-state index contributed by atoms with van der Waals surface area (Å²) in [7, 11) is -44.4. The van der Waals surface area contributed by atoms with Gasteiger partial charge in [0.1, 0.15) is 23.1 Å². The molecule has 4 atom stereocenters. The molecule has 0 aromatic rings. The van der Waals surface area contributed by atoms with Gasteiger partial charge >= 0.3 is 60.8 Å². The van der Waals surface area contributed by atoms with Crippen LogP contribution in [0.5, 0.6) is 0 Å². The van der Waals surface area contributed by atoms with Crippen LogP contribution in [0.1, 0.15) is 25.7 Å². The molecule has 26 nitrogen and oxygen atoms in total. The second-order valence-electron chi connectivity index (χ2n) is 10.6. The first-order valence-electron chi connectivity index (χ1n) is 12.8. The van der Waals surface area contributed by atoms with E-state index in [1.807, 2.05) is 0 Å². The van der Waals surface area contributed by atoms with Gasteiger partial charge in [-0.2, -0.15) is 0 Å². The first-order chi connectivity index (χ1) is 20.9. The number of hydrogen-bond donors (Lipinski definition) is 16. The van der Waals surface area contributed by atoms with Crippen LogP contribution in [-0.2, 0) is 36.5 Å². The van der Waals surface area contributed by atoms with Crippen LogP contribution in [0.4, 0.5) is 0 Å². The quantitative estimate of drug-likeness (QED) is 0.0385. The highest BCUT2D eigenvalue weighted by Gasteiger charge is 2.50. The second kappa shape index (κ2) is 18.0. The molecule has 0 aromatic carbocycles. The zero-order valence-electron chi connectivity index (χ0n) is 24.3. The molecule has 0 bridgehead atoms. The molecular weight excluding hydrogens is 828 g/mol. The van der Waals surface area contributed by atoms with Crippen LogP contribution >= 0.6 is 60.8 Å². The Morgan fingerprint density at radius 1 is 0.312 bits per heavy atom. The Kier molecular flexibility index (Phi) is 18.4. The number of rotatable bonds is 23. The van der Waals surface area contributed by atoms with Crippen molar-refractivity contribution in [1.29, 1.82) is 0 Å². The van der Waals surface area contributed by atoms with Crippen molar-refractivity contribution in [3.63, 3.8) is 0 Å². The van der Waals surface area contributed by atoms with Gasteiger partial charge in [-0.1, -0.05) is 12.8 Å². The molecule has 0 rings (SSSR count). The molecule has 0 radical (unpaired) electrons. The standard InChI is InChI=1S/C14H40N2O24P8/c17-41(18,19)7-11(45(29,30)31)15(12(46(32,33)34)8-42(20,21)22)5-3-1-2-4-6-16(13(47(35,36)37)9-43(23,24)25)14(48(38,39)40)10-44(26,27)28/h11-14H,1-10H2,(H2,17,18,19)(H2,20,21,22)(H2,23,24,25)(H2,26,27,28)(H2,29,30,31)(H2,32,33,34)(H2,35,36,37)(H2,38,39,40). The zero-order valence-corrected chi connectivity index (χ0v) is 31.4. The molecule has 0 spiro atoms. The number of unbranched alkanes of at least 4 members (excludes halogenated alkanes) is 3. The van der Waals surface area contributed by atoms with Crippen molar-refractivity contribution in [2.45, 2.75) is 48.8 Å². The van der Waals surface area contributed by atoms with E-state index in [9.17, 15) is 115 Å². The Bertz CT molecular complexity index is 1230. The normalized spacial score (nSPS) is 17.5. The molecule has 0 saturated carbocycles. The van der Waals surface area contributed by atoms with Crippen molar-refractivity contribution < 1.29 is 115 Å². The average molecular weight is 868 g/mol. The Morgan fingerprint density at radius 2 is 0.479 bits per heavy atom. The summed E-state index contributed by atoms with van der Waals surface area (Å²) in [6.07, 6.45) is -8.35. The van der Waals surface area contributed by atoms with Gasteiger partial charge in [-0.25, -0.2) is 0 Å². The largest absolute Gasteiger partial charge is 0.343 e. The van der Waals surface area contributed by atoms with Gasteiger partial charge in [-0.3, -0.25) is 46.3 Å². The molecule has 48 heavy (non-hydrogen) atoms. The van der Waals surface area contributed by atoms with Gasteiger partial charge < -0.3 is 78.3 Å². The summed E-state index contributed by atoms with van der Waals surface area (Å²) >= 11 is 0. The van der Waals surface area contributed by atoms with E-state index >= 15 is 0 Å². The van der Waals surface area contributed by atoms with E-state index in [4.69, 9.17) is 0 Å². The van der Waals surface area contributed by atoms with Crippen LogP contribution in [0.25, 0.3) is 0 Å². The monoisotopic (exact) mass is 868 g/mol. The minimum atomic E-state index is -5.73. The Balaban J connectivity index is 6.45. The molecule has 0 aromatic heterocycles. The van der Waals surface area contributed by atoms with E-state index in [1.165, 1.54) is 0 Å². The summed E-state index contributed by atoms with van der Waals surface area (Å²) < 4.78 is 95.1. The van der Waals surface area contributed by atoms with E-state index in [0.29, 0.717) is 0 Å². The van der Waals surface area contributed by atoms with Crippen LogP contribution in [0, 0.1) is 0 Å². The summed E-state index contributed by atoms with van der Waals surface area (Å²) in [5.74, 6) is -10.8. The van der Waals surface area contributed by atoms with Crippen LogP contribution in [-0.4, -0.2) is 149 Å². The van der Waals surface area contributed by atoms with E-state index in [-0.39, 0.29) is 22.6 Å². The van der Waals surface area contributed by atoms with E-state index < -0.39 is 134 Å².